The molecule has 2 amide bonds. The number of carbonyl (C=O) groups is 2. The molecular weight excluding hydrogens is 348 g/mol. The van der Waals surface area contributed by atoms with Crippen molar-refractivity contribution in [1.82, 2.24) is 4.90 Å². The summed E-state index contributed by atoms with van der Waals surface area (Å²) in [6.07, 6.45) is 2.29. The van der Waals surface area contributed by atoms with Gasteiger partial charge in [0.2, 0.25) is 5.91 Å². The highest BCUT2D eigenvalue weighted by atomic mass is 35.5. The average Bonchev–Trinajstić information content (AvgIpc) is 2.98. The maximum absolute atomic E-state index is 12.9. The van der Waals surface area contributed by atoms with Gasteiger partial charge in [-0.25, -0.2) is 4.90 Å². The number of halogens is 1. The molecule has 134 valence electrons. The minimum Gasteiger partial charge on any atom is -0.291 e. The Bertz CT molecular complexity index is 799. The Morgan fingerprint density at radius 3 is 2.19 bits per heavy atom. The number of imide groups is 1. The van der Waals surface area contributed by atoms with Gasteiger partial charge in [0.15, 0.2) is 0 Å². The normalized spacial score (nSPS) is 22.2. The SMILES string of the molecule is O=C1C[C@H](N2CCC(c3ccccc3)CC2)C(=O)N1c1ccc(Cl)cc1. The maximum atomic E-state index is 12.9. The van der Waals surface area contributed by atoms with Crippen LogP contribution in [0.1, 0.15) is 30.7 Å². The fraction of sp³-hybridized carbons (Fsp3) is 0.333. The zero-order valence-corrected chi connectivity index (χ0v) is 15.2. The van der Waals surface area contributed by atoms with Gasteiger partial charge in [0.05, 0.1) is 18.2 Å². The first kappa shape index (κ1) is 17.3. The zero-order valence-electron chi connectivity index (χ0n) is 14.5. The molecule has 0 N–H and O–H groups in total. The number of likely N-dealkylation sites (tertiary alicyclic amines) is 1. The molecule has 0 bridgehead atoms. The lowest BCUT2D eigenvalue weighted by atomic mass is 9.89. The Morgan fingerprint density at radius 2 is 1.54 bits per heavy atom. The Morgan fingerprint density at radius 1 is 0.885 bits per heavy atom. The molecule has 2 aromatic rings. The summed E-state index contributed by atoms with van der Waals surface area (Å²) < 4.78 is 0. The molecule has 0 spiro atoms. The topological polar surface area (TPSA) is 40.6 Å². The minimum absolute atomic E-state index is 0.115. The fourth-order valence-corrected chi connectivity index (χ4v) is 4.16. The molecule has 2 aromatic carbocycles. The molecule has 2 heterocycles. The van der Waals surface area contributed by atoms with Crippen molar-refractivity contribution in [3.63, 3.8) is 0 Å². The van der Waals surface area contributed by atoms with Gasteiger partial charge in [-0.1, -0.05) is 41.9 Å². The average molecular weight is 369 g/mol. The zero-order chi connectivity index (χ0) is 18.1. The molecule has 4 rings (SSSR count). The predicted molar refractivity (Wildman–Crippen MR) is 102 cm³/mol. The van der Waals surface area contributed by atoms with Gasteiger partial charge >= 0.3 is 0 Å². The van der Waals surface area contributed by atoms with Crippen LogP contribution in [0, 0.1) is 0 Å². The molecule has 4 nitrogen and oxygen atoms in total. The van der Waals surface area contributed by atoms with E-state index in [9.17, 15) is 9.59 Å². The largest absolute Gasteiger partial charge is 0.291 e. The number of hydrogen-bond acceptors (Lipinski definition) is 3. The van der Waals surface area contributed by atoms with Gasteiger partial charge in [-0.05, 0) is 61.7 Å². The lowest BCUT2D eigenvalue weighted by molar-refractivity contribution is -0.123. The molecule has 5 heteroatoms. The van der Waals surface area contributed by atoms with Gasteiger partial charge in [0, 0.05) is 5.02 Å². The van der Waals surface area contributed by atoms with Crippen LogP contribution in [0.5, 0.6) is 0 Å². The van der Waals surface area contributed by atoms with E-state index in [1.807, 2.05) is 6.07 Å². The van der Waals surface area contributed by atoms with Crippen LogP contribution in [0.2, 0.25) is 5.02 Å². The van der Waals surface area contributed by atoms with E-state index in [4.69, 9.17) is 11.6 Å². The van der Waals surface area contributed by atoms with Gasteiger partial charge in [-0.15, -0.1) is 0 Å². The highest BCUT2D eigenvalue weighted by Crippen LogP contribution is 2.32. The second-order valence-electron chi connectivity index (χ2n) is 6.98. The third kappa shape index (κ3) is 3.27. The standard InChI is InChI=1S/C21H21ClN2O2/c22-17-6-8-18(9-7-17)24-20(25)14-19(21(24)26)23-12-10-16(11-13-23)15-4-2-1-3-5-15/h1-9,16,19H,10-14H2/t19-/m0/s1. The van der Waals surface area contributed by atoms with Crippen molar-refractivity contribution in [2.45, 2.75) is 31.2 Å². The Balaban J connectivity index is 1.44. The van der Waals surface area contributed by atoms with Crippen LogP contribution >= 0.6 is 11.6 Å². The lowest BCUT2D eigenvalue weighted by Crippen LogP contribution is -2.45. The van der Waals surface area contributed by atoms with Gasteiger partial charge in [0.25, 0.3) is 5.91 Å². The molecule has 0 aromatic heterocycles. The van der Waals surface area contributed by atoms with E-state index < -0.39 is 0 Å². The summed E-state index contributed by atoms with van der Waals surface area (Å²) in [7, 11) is 0. The Kier molecular flexibility index (Phi) is 4.79. The predicted octanol–water partition coefficient (Wildman–Crippen LogP) is 3.85. The minimum atomic E-state index is -0.338. The monoisotopic (exact) mass is 368 g/mol. The number of amides is 2. The highest BCUT2D eigenvalue weighted by Gasteiger charge is 2.43. The van der Waals surface area contributed by atoms with Crippen molar-refractivity contribution in [3.8, 4) is 0 Å². The summed E-state index contributed by atoms with van der Waals surface area (Å²) in [6.45, 7) is 1.69. The summed E-state index contributed by atoms with van der Waals surface area (Å²) in [5.74, 6) is 0.287. The number of anilines is 1. The maximum Gasteiger partial charge on any atom is 0.251 e. The molecule has 1 atom stereocenters. The van der Waals surface area contributed by atoms with E-state index in [-0.39, 0.29) is 24.3 Å². The second-order valence-corrected chi connectivity index (χ2v) is 7.42. The molecule has 0 unspecified atom stereocenters. The summed E-state index contributed by atoms with van der Waals surface area (Å²) in [5, 5.41) is 0.590. The van der Waals surface area contributed by atoms with E-state index in [1.54, 1.807) is 24.3 Å². The summed E-state index contributed by atoms with van der Waals surface area (Å²) in [6, 6.07) is 17.0. The number of carbonyl (C=O) groups excluding carboxylic acids is 2. The Hall–Kier alpha value is -2.17. The van der Waals surface area contributed by atoms with E-state index in [2.05, 4.69) is 29.2 Å². The highest BCUT2D eigenvalue weighted by molar-refractivity contribution is 6.30. The number of nitrogens with zero attached hydrogens (tertiary/aromatic N) is 2. The molecule has 26 heavy (non-hydrogen) atoms. The van der Waals surface area contributed by atoms with Crippen molar-refractivity contribution in [2.24, 2.45) is 0 Å². The van der Waals surface area contributed by atoms with Crippen molar-refractivity contribution in [1.29, 1.82) is 0 Å². The summed E-state index contributed by atoms with van der Waals surface area (Å²) in [5.41, 5.74) is 1.97. The van der Waals surface area contributed by atoms with E-state index >= 15 is 0 Å². The van der Waals surface area contributed by atoms with Crippen molar-refractivity contribution >= 4 is 29.1 Å². The first-order valence-corrected chi connectivity index (χ1v) is 9.42. The molecule has 0 radical (unpaired) electrons. The smallest absolute Gasteiger partial charge is 0.251 e. The third-order valence-electron chi connectivity index (χ3n) is 5.45. The van der Waals surface area contributed by atoms with Crippen LogP contribution in [-0.4, -0.2) is 35.8 Å². The van der Waals surface area contributed by atoms with Crippen molar-refractivity contribution in [3.05, 3.63) is 65.2 Å². The van der Waals surface area contributed by atoms with Gasteiger partial charge in [-0.2, -0.15) is 0 Å². The van der Waals surface area contributed by atoms with Crippen LogP contribution in [-0.2, 0) is 9.59 Å². The molecule has 2 saturated heterocycles. The third-order valence-corrected chi connectivity index (χ3v) is 5.70. The molecule has 2 fully saturated rings. The number of rotatable bonds is 3. The van der Waals surface area contributed by atoms with E-state index in [0.29, 0.717) is 16.6 Å². The molecular formula is C21H21ClN2O2. The van der Waals surface area contributed by atoms with Crippen LogP contribution in [0.25, 0.3) is 0 Å². The van der Waals surface area contributed by atoms with Crippen LogP contribution in [0.3, 0.4) is 0 Å². The first-order valence-electron chi connectivity index (χ1n) is 9.05. The van der Waals surface area contributed by atoms with E-state index in [0.717, 1.165) is 25.9 Å². The van der Waals surface area contributed by atoms with E-state index in [1.165, 1.54) is 10.5 Å². The molecule has 2 aliphatic rings. The number of benzene rings is 2. The summed E-state index contributed by atoms with van der Waals surface area (Å²) in [4.78, 5) is 28.8. The Labute approximate surface area is 158 Å². The van der Waals surface area contributed by atoms with Crippen molar-refractivity contribution in [2.75, 3.05) is 18.0 Å². The van der Waals surface area contributed by atoms with Crippen LogP contribution in [0.15, 0.2) is 54.6 Å². The first-order chi connectivity index (χ1) is 12.6. The summed E-state index contributed by atoms with van der Waals surface area (Å²) >= 11 is 5.91. The number of piperidine rings is 1. The fourth-order valence-electron chi connectivity index (χ4n) is 4.03. The molecule has 0 aliphatic carbocycles. The lowest BCUT2D eigenvalue weighted by Gasteiger charge is -2.35. The second kappa shape index (κ2) is 7.22. The van der Waals surface area contributed by atoms with Crippen LogP contribution in [0.4, 0.5) is 5.69 Å². The van der Waals surface area contributed by atoms with Gasteiger partial charge in [0.1, 0.15) is 0 Å². The van der Waals surface area contributed by atoms with Crippen LogP contribution < -0.4 is 4.90 Å². The van der Waals surface area contributed by atoms with Gasteiger partial charge in [-0.3, -0.25) is 14.5 Å². The van der Waals surface area contributed by atoms with Gasteiger partial charge < -0.3 is 0 Å². The molecule has 2 aliphatic heterocycles. The quantitative estimate of drug-likeness (QED) is 0.772. The number of hydrogen-bond donors (Lipinski definition) is 0. The molecule has 0 saturated carbocycles. The van der Waals surface area contributed by atoms with Crippen molar-refractivity contribution < 1.29 is 9.59 Å².